The predicted octanol–water partition coefficient (Wildman–Crippen LogP) is 2.76. The lowest BCUT2D eigenvalue weighted by Gasteiger charge is -2.14. The highest BCUT2D eigenvalue weighted by atomic mass is 16.5. The van der Waals surface area contributed by atoms with Gasteiger partial charge in [-0.25, -0.2) is 0 Å². The summed E-state index contributed by atoms with van der Waals surface area (Å²) in [6, 6.07) is 0.426. The second kappa shape index (κ2) is 9.11. The highest BCUT2D eigenvalue weighted by Crippen LogP contribution is 2.15. The highest BCUT2D eigenvalue weighted by Gasteiger charge is 2.10. The average molecular weight is 253 g/mol. The average Bonchev–Trinajstić information content (AvgIpc) is 2.84. The van der Waals surface area contributed by atoms with Gasteiger partial charge in [-0.15, -0.1) is 0 Å². The lowest BCUT2D eigenvalue weighted by Crippen LogP contribution is -2.21. The van der Waals surface area contributed by atoms with Crippen LogP contribution in [0.4, 0.5) is 0 Å². The van der Waals surface area contributed by atoms with E-state index in [0.717, 1.165) is 45.6 Å². The molecule has 0 amide bonds. The summed E-state index contributed by atoms with van der Waals surface area (Å²) in [7, 11) is 0. The second-order valence-corrected chi connectivity index (χ2v) is 4.56. The molecule has 0 aliphatic heterocycles. The van der Waals surface area contributed by atoms with Crippen LogP contribution < -0.4 is 5.32 Å². The van der Waals surface area contributed by atoms with Gasteiger partial charge in [0.2, 0.25) is 0 Å². The molecule has 0 fully saturated rings. The zero-order chi connectivity index (χ0) is 13.2. The molecule has 1 unspecified atom stereocenters. The zero-order valence-electron chi connectivity index (χ0n) is 12.0. The molecule has 0 saturated heterocycles. The molecule has 1 atom stereocenters. The quantitative estimate of drug-likeness (QED) is 0.652. The number of aromatic nitrogens is 2. The normalized spacial score (nSPS) is 12.8. The number of hydrogen-bond acceptors (Lipinski definition) is 3. The van der Waals surface area contributed by atoms with Crippen LogP contribution in [-0.2, 0) is 11.3 Å². The summed E-state index contributed by atoms with van der Waals surface area (Å²) in [5.74, 6) is 0. The molecule has 0 bridgehead atoms. The maximum Gasteiger partial charge on any atom is 0.0662 e. The third kappa shape index (κ3) is 5.19. The van der Waals surface area contributed by atoms with Gasteiger partial charge in [-0.1, -0.05) is 20.8 Å². The molecule has 0 radical (unpaired) electrons. The van der Waals surface area contributed by atoms with E-state index in [1.807, 2.05) is 10.9 Å². The first kappa shape index (κ1) is 15.2. The minimum absolute atomic E-state index is 0.426. The first-order valence-electron chi connectivity index (χ1n) is 7.15. The first-order valence-corrected chi connectivity index (χ1v) is 7.15. The Morgan fingerprint density at radius 3 is 2.78 bits per heavy atom. The van der Waals surface area contributed by atoms with Crippen LogP contribution in [0.1, 0.15) is 51.6 Å². The van der Waals surface area contributed by atoms with E-state index in [1.54, 1.807) is 0 Å². The van der Waals surface area contributed by atoms with Crippen molar-refractivity contribution in [2.24, 2.45) is 0 Å². The van der Waals surface area contributed by atoms with Crippen molar-refractivity contribution in [2.45, 2.75) is 52.6 Å². The third-order valence-electron chi connectivity index (χ3n) is 2.92. The molecular formula is C14H27N3O. The molecule has 0 aliphatic rings. The molecule has 1 rings (SSSR count). The Morgan fingerprint density at radius 1 is 1.28 bits per heavy atom. The summed E-state index contributed by atoms with van der Waals surface area (Å²) in [6.07, 6.45) is 7.43. The van der Waals surface area contributed by atoms with Gasteiger partial charge in [-0.2, -0.15) is 5.10 Å². The summed E-state index contributed by atoms with van der Waals surface area (Å²) in [4.78, 5) is 0. The molecule has 18 heavy (non-hydrogen) atoms. The smallest absolute Gasteiger partial charge is 0.0662 e. The molecular weight excluding hydrogens is 226 g/mol. The van der Waals surface area contributed by atoms with Crippen LogP contribution in [0, 0.1) is 0 Å². The van der Waals surface area contributed by atoms with Crippen molar-refractivity contribution >= 4 is 0 Å². The van der Waals surface area contributed by atoms with E-state index in [1.165, 1.54) is 5.56 Å². The Morgan fingerprint density at radius 2 is 2.11 bits per heavy atom. The van der Waals surface area contributed by atoms with Crippen molar-refractivity contribution in [1.82, 2.24) is 15.1 Å². The standard InChI is InChI=1S/C14H27N3O/c1-4-7-15-14(6-3)13-11-16-17(12-13)8-10-18-9-5-2/h11-12,14-15H,4-10H2,1-3H3. The molecule has 4 nitrogen and oxygen atoms in total. The van der Waals surface area contributed by atoms with Crippen molar-refractivity contribution in [3.8, 4) is 0 Å². The molecule has 1 aromatic rings. The van der Waals surface area contributed by atoms with Gasteiger partial charge < -0.3 is 10.1 Å². The van der Waals surface area contributed by atoms with E-state index < -0.39 is 0 Å². The molecule has 0 spiro atoms. The molecule has 1 N–H and O–H groups in total. The summed E-state index contributed by atoms with van der Waals surface area (Å²) in [6.45, 7) is 9.99. The molecule has 0 saturated carbocycles. The van der Waals surface area contributed by atoms with Crippen molar-refractivity contribution in [1.29, 1.82) is 0 Å². The maximum atomic E-state index is 5.47. The Balaban J connectivity index is 2.40. The van der Waals surface area contributed by atoms with Gasteiger partial charge in [0.1, 0.15) is 0 Å². The van der Waals surface area contributed by atoms with Crippen LogP contribution in [0.2, 0.25) is 0 Å². The van der Waals surface area contributed by atoms with Gasteiger partial charge >= 0.3 is 0 Å². The Labute approximate surface area is 111 Å². The van der Waals surface area contributed by atoms with Crippen LogP contribution in [0.5, 0.6) is 0 Å². The number of nitrogens with zero attached hydrogens (tertiary/aromatic N) is 2. The van der Waals surface area contributed by atoms with Gasteiger partial charge in [0.25, 0.3) is 0 Å². The van der Waals surface area contributed by atoms with E-state index in [-0.39, 0.29) is 0 Å². The maximum absolute atomic E-state index is 5.47. The van der Waals surface area contributed by atoms with Crippen molar-refractivity contribution < 1.29 is 4.74 Å². The molecule has 1 heterocycles. The van der Waals surface area contributed by atoms with E-state index in [2.05, 4.69) is 37.4 Å². The SMILES string of the molecule is CCCNC(CC)c1cnn(CCOCCC)c1. The lowest BCUT2D eigenvalue weighted by atomic mass is 10.1. The summed E-state index contributed by atoms with van der Waals surface area (Å²) >= 11 is 0. The second-order valence-electron chi connectivity index (χ2n) is 4.56. The van der Waals surface area contributed by atoms with Crippen LogP contribution in [0.3, 0.4) is 0 Å². The van der Waals surface area contributed by atoms with Crippen molar-refractivity contribution in [3.63, 3.8) is 0 Å². The van der Waals surface area contributed by atoms with Gasteiger partial charge in [-0.05, 0) is 25.8 Å². The van der Waals surface area contributed by atoms with Crippen molar-refractivity contribution in [2.75, 3.05) is 19.8 Å². The summed E-state index contributed by atoms with van der Waals surface area (Å²) in [5.41, 5.74) is 1.28. The van der Waals surface area contributed by atoms with Crippen LogP contribution in [0.15, 0.2) is 12.4 Å². The van der Waals surface area contributed by atoms with Gasteiger partial charge in [0, 0.05) is 24.4 Å². The molecule has 1 aromatic heterocycles. The molecule has 0 aromatic carbocycles. The summed E-state index contributed by atoms with van der Waals surface area (Å²) in [5, 5.41) is 7.93. The Kier molecular flexibility index (Phi) is 7.69. The number of ether oxygens (including phenoxy) is 1. The van der Waals surface area contributed by atoms with E-state index in [4.69, 9.17) is 4.74 Å². The van der Waals surface area contributed by atoms with Gasteiger partial charge in [-0.3, -0.25) is 4.68 Å². The molecule has 0 aliphatic carbocycles. The fourth-order valence-electron chi connectivity index (χ4n) is 1.90. The highest BCUT2D eigenvalue weighted by molar-refractivity contribution is 5.10. The Bertz CT molecular complexity index is 312. The van der Waals surface area contributed by atoms with E-state index in [0.29, 0.717) is 6.04 Å². The summed E-state index contributed by atoms with van der Waals surface area (Å²) < 4.78 is 7.44. The molecule has 104 valence electrons. The minimum Gasteiger partial charge on any atom is -0.380 e. The van der Waals surface area contributed by atoms with E-state index >= 15 is 0 Å². The molecule has 4 heteroatoms. The number of rotatable bonds is 10. The lowest BCUT2D eigenvalue weighted by molar-refractivity contribution is 0.124. The van der Waals surface area contributed by atoms with Crippen LogP contribution in [0.25, 0.3) is 0 Å². The third-order valence-corrected chi connectivity index (χ3v) is 2.92. The minimum atomic E-state index is 0.426. The largest absolute Gasteiger partial charge is 0.380 e. The predicted molar refractivity (Wildman–Crippen MR) is 74.7 cm³/mol. The first-order chi connectivity index (χ1) is 8.81. The topological polar surface area (TPSA) is 39.1 Å². The fraction of sp³-hybridized carbons (Fsp3) is 0.786. The monoisotopic (exact) mass is 253 g/mol. The fourth-order valence-corrected chi connectivity index (χ4v) is 1.90. The van der Waals surface area contributed by atoms with E-state index in [9.17, 15) is 0 Å². The van der Waals surface area contributed by atoms with Crippen LogP contribution >= 0.6 is 0 Å². The van der Waals surface area contributed by atoms with Crippen molar-refractivity contribution in [3.05, 3.63) is 18.0 Å². The van der Waals surface area contributed by atoms with Gasteiger partial charge in [0.15, 0.2) is 0 Å². The van der Waals surface area contributed by atoms with Gasteiger partial charge in [0.05, 0.1) is 19.3 Å². The number of hydrogen-bond donors (Lipinski definition) is 1. The zero-order valence-corrected chi connectivity index (χ0v) is 12.0. The number of nitrogens with one attached hydrogen (secondary N) is 1. The Hall–Kier alpha value is -0.870. The van der Waals surface area contributed by atoms with Crippen LogP contribution in [-0.4, -0.2) is 29.5 Å².